The Hall–Kier alpha value is -0.180. The van der Waals surface area contributed by atoms with Gasteiger partial charge in [-0.3, -0.25) is 4.99 Å². The Kier molecular flexibility index (Phi) is 2.71. The molecule has 0 bridgehead atoms. The lowest BCUT2D eigenvalue weighted by Gasteiger charge is -2.01. The molecule has 2 N–H and O–H groups in total. The second-order valence-corrected chi connectivity index (χ2v) is 4.68. The van der Waals surface area contributed by atoms with E-state index >= 15 is 0 Å². The van der Waals surface area contributed by atoms with Gasteiger partial charge in [-0.15, -0.1) is 0 Å². The van der Waals surface area contributed by atoms with Crippen molar-refractivity contribution < 1.29 is 0 Å². The lowest BCUT2D eigenvalue weighted by Crippen LogP contribution is -2.11. The molecule has 0 amide bonds. The molecule has 1 aliphatic rings. The SMILES string of the molecule is CN=C(N)CCC1C(S)C1(C)C. The summed E-state index contributed by atoms with van der Waals surface area (Å²) in [5.41, 5.74) is 6.02. The summed E-state index contributed by atoms with van der Waals surface area (Å²) < 4.78 is 0. The van der Waals surface area contributed by atoms with E-state index in [0.29, 0.717) is 10.7 Å². The molecule has 0 aromatic carbocycles. The topological polar surface area (TPSA) is 38.4 Å². The highest BCUT2D eigenvalue weighted by atomic mass is 32.1. The molecule has 0 aliphatic heterocycles. The second kappa shape index (κ2) is 3.29. The van der Waals surface area contributed by atoms with Crippen LogP contribution in [0.15, 0.2) is 4.99 Å². The Morgan fingerprint density at radius 3 is 2.42 bits per heavy atom. The second-order valence-electron chi connectivity index (χ2n) is 4.13. The average Bonchev–Trinajstić information content (AvgIpc) is 2.48. The van der Waals surface area contributed by atoms with Crippen molar-refractivity contribution >= 4 is 18.5 Å². The van der Waals surface area contributed by atoms with Gasteiger partial charge < -0.3 is 5.73 Å². The Morgan fingerprint density at radius 2 is 2.08 bits per heavy atom. The first-order valence-corrected chi connectivity index (χ1v) is 4.91. The lowest BCUT2D eigenvalue weighted by molar-refractivity contribution is 0.540. The Labute approximate surface area is 80.0 Å². The summed E-state index contributed by atoms with van der Waals surface area (Å²) in [5.74, 6) is 1.49. The first-order valence-electron chi connectivity index (χ1n) is 4.39. The molecular weight excluding hydrogens is 168 g/mol. The third kappa shape index (κ3) is 1.76. The summed E-state index contributed by atoms with van der Waals surface area (Å²) >= 11 is 4.50. The van der Waals surface area contributed by atoms with Gasteiger partial charge in [-0.25, -0.2) is 0 Å². The van der Waals surface area contributed by atoms with Crippen molar-refractivity contribution in [1.29, 1.82) is 0 Å². The smallest absolute Gasteiger partial charge is 0.0933 e. The van der Waals surface area contributed by atoms with E-state index in [2.05, 4.69) is 31.5 Å². The quantitative estimate of drug-likeness (QED) is 0.393. The molecule has 2 nitrogen and oxygen atoms in total. The Balaban J connectivity index is 2.28. The lowest BCUT2D eigenvalue weighted by atomic mass is 10.1. The highest BCUT2D eigenvalue weighted by molar-refractivity contribution is 7.81. The van der Waals surface area contributed by atoms with E-state index in [-0.39, 0.29) is 0 Å². The first-order chi connectivity index (χ1) is 5.50. The highest BCUT2D eigenvalue weighted by Gasteiger charge is 2.54. The van der Waals surface area contributed by atoms with Gasteiger partial charge in [0.2, 0.25) is 0 Å². The van der Waals surface area contributed by atoms with Gasteiger partial charge in [0.25, 0.3) is 0 Å². The maximum absolute atomic E-state index is 5.61. The van der Waals surface area contributed by atoms with Crippen LogP contribution in [0.2, 0.25) is 0 Å². The fraction of sp³-hybridized carbons (Fsp3) is 0.889. The fourth-order valence-electron chi connectivity index (χ4n) is 1.66. The predicted octanol–water partition coefficient (Wildman–Crippen LogP) is 1.71. The van der Waals surface area contributed by atoms with Gasteiger partial charge in [0.15, 0.2) is 0 Å². The van der Waals surface area contributed by atoms with Crippen LogP contribution in [0.1, 0.15) is 26.7 Å². The summed E-state index contributed by atoms with van der Waals surface area (Å²) in [6, 6.07) is 0. The van der Waals surface area contributed by atoms with Crippen LogP contribution in [-0.4, -0.2) is 18.1 Å². The first kappa shape index (κ1) is 9.90. The minimum absolute atomic E-state index is 0.414. The van der Waals surface area contributed by atoms with E-state index in [4.69, 9.17) is 5.73 Å². The molecule has 1 saturated carbocycles. The van der Waals surface area contributed by atoms with Crippen LogP contribution in [0.5, 0.6) is 0 Å². The van der Waals surface area contributed by atoms with Crippen molar-refractivity contribution in [3.8, 4) is 0 Å². The molecule has 0 saturated heterocycles. The molecule has 0 radical (unpaired) electrons. The van der Waals surface area contributed by atoms with E-state index < -0.39 is 0 Å². The van der Waals surface area contributed by atoms with Crippen molar-refractivity contribution in [2.75, 3.05) is 7.05 Å². The number of nitrogens with two attached hydrogens (primary N) is 1. The monoisotopic (exact) mass is 186 g/mol. The van der Waals surface area contributed by atoms with Gasteiger partial charge in [0.05, 0.1) is 5.84 Å². The zero-order valence-corrected chi connectivity index (χ0v) is 8.94. The zero-order chi connectivity index (χ0) is 9.35. The average molecular weight is 186 g/mol. The molecule has 3 heteroatoms. The molecule has 2 atom stereocenters. The van der Waals surface area contributed by atoms with E-state index in [1.54, 1.807) is 7.05 Å². The molecule has 0 heterocycles. The van der Waals surface area contributed by atoms with E-state index in [1.807, 2.05) is 0 Å². The largest absolute Gasteiger partial charge is 0.387 e. The van der Waals surface area contributed by atoms with Gasteiger partial charge in [0, 0.05) is 18.7 Å². The Bertz CT molecular complexity index is 199. The summed E-state index contributed by atoms with van der Waals surface area (Å²) in [5, 5.41) is 0.558. The van der Waals surface area contributed by atoms with Crippen LogP contribution in [0.4, 0.5) is 0 Å². The molecule has 1 aliphatic carbocycles. The number of nitrogens with zero attached hydrogens (tertiary/aromatic N) is 1. The summed E-state index contributed by atoms with van der Waals surface area (Å²) in [7, 11) is 1.74. The molecule has 0 aromatic rings. The van der Waals surface area contributed by atoms with Crippen LogP contribution in [0, 0.1) is 11.3 Å². The minimum atomic E-state index is 0.414. The standard InChI is InChI=1S/C9H18N2S/c1-9(2)6(8(9)12)4-5-7(10)11-3/h6,8,12H,4-5H2,1-3H3,(H2,10,11). The maximum atomic E-state index is 5.61. The minimum Gasteiger partial charge on any atom is -0.387 e. The number of rotatable bonds is 3. The van der Waals surface area contributed by atoms with Crippen molar-refractivity contribution in [3.05, 3.63) is 0 Å². The van der Waals surface area contributed by atoms with E-state index in [1.165, 1.54) is 0 Å². The molecule has 2 unspecified atom stereocenters. The normalized spacial score (nSPS) is 33.5. The van der Waals surface area contributed by atoms with Crippen LogP contribution in [0.3, 0.4) is 0 Å². The van der Waals surface area contributed by atoms with Crippen LogP contribution >= 0.6 is 12.6 Å². The highest BCUT2D eigenvalue weighted by Crippen LogP contribution is 2.57. The van der Waals surface area contributed by atoms with Crippen LogP contribution < -0.4 is 5.73 Å². The summed E-state index contributed by atoms with van der Waals surface area (Å²) in [6.07, 6.45) is 2.05. The number of hydrogen-bond acceptors (Lipinski definition) is 2. The van der Waals surface area contributed by atoms with Gasteiger partial charge in [-0.1, -0.05) is 13.8 Å². The predicted molar refractivity (Wildman–Crippen MR) is 56.8 cm³/mol. The van der Waals surface area contributed by atoms with Crippen LogP contribution in [-0.2, 0) is 0 Å². The van der Waals surface area contributed by atoms with Gasteiger partial charge in [0.1, 0.15) is 0 Å². The summed E-state index contributed by atoms with van der Waals surface area (Å²) in [6.45, 7) is 4.52. The molecular formula is C9H18N2S. The van der Waals surface area contributed by atoms with Gasteiger partial charge in [-0.05, 0) is 17.8 Å². The fourth-order valence-corrected chi connectivity index (χ4v) is 2.30. The maximum Gasteiger partial charge on any atom is 0.0933 e. The van der Waals surface area contributed by atoms with E-state index in [9.17, 15) is 0 Å². The van der Waals surface area contributed by atoms with Crippen molar-refractivity contribution in [3.63, 3.8) is 0 Å². The zero-order valence-electron chi connectivity index (χ0n) is 8.04. The van der Waals surface area contributed by atoms with Crippen LogP contribution in [0.25, 0.3) is 0 Å². The molecule has 0 spiro atoms. The third-order valence-electron chi connectivity index (χ3n) is 2.99. The number of hydrogen-bond donors (Lipinski definition) is 2. The molecule has 1 fully saturated rings. The summed E-state index contributed by atoms with van der Waals surface area (Å²) in [4.78, 5) is 3.93. The van der Waals surface area contributed by atoms with Gasteiger partial charge >= 0.3 is 0 Å². The Morgan fingerprint density at radius 1 is 1.58 bits per heavy atom. The molecule has 0 aromatic heterocycles. The molecule has 12 heavy (non-hydrogen) atoms. The van der Waals surface area contributed by atoms with E-state index in [0.717, 1.165) is 24.6 Å². The number of amidine groups is 1. The third-order valence-corrected chi connectivity index (χ3v) is 4.01. The molecule has 70 valence electrons. The molecule has 1 rings (SSSR count). The van der Waals surface area contributed by atoms with Crippen molar-refractivity contribution in [2.24, 2.45) is 22.1 Å². The van der Waals surface area contributed by atoms with Gasteiger partial charge in [-0.2, -0.15) is 12.6 Å². The van der Waals surface area contributed by atoms with Crippen molar-refractivity contribution in [2.45, 2.75) is 31.9 Å². The van der Waals surface area contributed by atoms with Crippen molar-refractivity contribution in [1.82, 2.24) is 0 Å². The number of thiol groups is 1. The number of aliphatic imine (C=N–C) groups is 1.